The summed E-state index contributed by atoms with van der Waals surface area (Å²) in [7, 11) is 0. The van der Waals surface area contributed by atoms with Crippen molar-refractivity contribution in [1.82, 2.24) is 5.32 Å². The van der Waals surface area contributed by atoms with E-state index >= 15 is 0 Å². The fraction of sp³-hybridized carbons (Fsp3) is 0.765. The summed E-state index contributed by atoms with van der Waals surface area (Å²) in [5, 5.41) is 28.8. The Labute approximate surface area is 168 Å². The monoisotopic (exact) mass is 423 g/mol. The molecule has 29 heavy (non-hydrogen) atoms. The van der Waals surface area contributed by atoms with Crippen LogP contribution in [-0.2, 0) is 38.1 Å². The number of carboxylic acid groups (broad SMARTS) is 3. The molecule has 1 amide bonds. The summed E-state index contributed by atoms with van der Waals surface area (Å²) in [6, 6.07) is 0. The van der Waals surface area contributed by atoms with Gasteiger partial charge in [-0.2, -0.15) is 0 Å². The molecule has 4 N–H and O–H groups in total. The number of carboxylic acids is 3. The standard InChI is InChI=1S/C17H29NO11/c1-2-26-9-13(19)18-17(10-27-6-3-14(20)21,11-28-7-4-15(22)23)12-29-8-5-16(24)25/h2-12H2,1H3,(H,18,19)(H,20,21)(H,22,23)(H,24,25). The molecule has 0 spiro atoms. The van der Waals surface area contributed by atoms with E-state index in [0.29, 0.717) is 6.61 Å². The van der Waals surface area contributed by atoms with E-state index in [1.54, 1.807) is 6.92 Å². The molecule has 0 saturated carbocycles. The first-order valence-corrected chi connectivity index (χ1v) is 8.98. The molecule has 168 valence electrons. The zero-order valence-corrected chi connectivity index (χ0v) is 16.4. The second-order valence-corrected chi connectivity index (χ2v) is 6.05. The minimum Gasteiger partial charge on any atom is -0.481 e. The molecule has 0 aromatic rings. The van der Waals surface area contributed by atoms with Gasteiger partial charge in [-0.25, -0.2) is 0 Å². The third-order valence-corrected chi connectivity index (χ3v) is 3.36. The smallest absolute Gasteiger partial charge is 0.305 e. The number of nitrogens with one attached hydrogen (secondary N) is 1. The van der Waals surface area contributed by atoms with E-state index < -0.39 is 29.4 Å². The van der Waals surface area contributed by atoms with Crippen LogP contribution in [0.1, 0.15) is 26.2 Å². The van der Waals surface area contributed by atoms with Gasteiger partial charge in [0.2, 0.25) is 5.91 Å². The zero-order chi connectivity index (χ0) is 22.1. The average molecular weight is 423 g/mol. The van der Waals surface area contributed by atoms with Gasteiger partial charge in [-0.05, 0) is 6.92 Å². The van der Waals surface area contributed by atoms with Crippen LogP contribution >= 0.6 is 0 Å². The lowest BCUT2D eigenvalue weighted by molar-refractivity contribution is -0.140. The molecule has 12 nitrogen and oxygen atoms in total. The third-order valence-electron chi connectivity index (χ3n) is 3.36. The van der Waals surface area contributed by atoms with Crippen molar-refractivity contribution in [2.75, 3.05) is 52.9 Å². The van der Waals surface area contributed by atoms with Gasteiger partial charge in [-0.15, -0.1) is 0 Å². The van der Waals surface area contributed by atoms with E-state index in [9.17, 15) is 19.2 Å². The summed E-state index contributed by atoms with van der Waals surface area (Å²) in [6.45, 7) is 0.764. The summed E-state index contributed by atoms with van der Waals surface area (Å²) >= 11 is 0. The molecule has 0 heterocycles. The Morgan fingerprint density at radius 1 is 0.724 bits per heavy atom. The molecule has 0 radical (unpaired) electrons. The fourth-order valence-electron chi connectivity index (χ4n) is 2.04. The van der Waals surface area contributed by atoms with E-state index in [1.807, 2.05) is 0 Å². The summed E-state index contributed by atoms with van der Waals surface area (Å²) in [5.41, 5.74) is -1.29. The fourth-order valence-corrected chi connectivity index (χ4v) is 2.04. The lowest BCUT2D eigenvalue weighted by Gasteiger charge is -2.34. The van der Waals surface area contributed by atoms with Crippen LogP contribution in [0.2, 0.25) is 0 Å². The maximum Gasteiger partial charge on any atom is 0.305 e. The molecule has 0 rings (SSSR count). The number of amides is 1. The molecular weight excluding hydrogens is 394 g/mol. The number of hydrogen-bond acceptors (Lipinski definition) is 8. The second kappa shape index (κ2) is 15.6. The van der Waals surface area contributed by atoms with Crippen molar-refractivity contribution in [1.29, 1.82) is 0 Å². The number of carbonyl (C=O) groups is 4. The van der Waals surface area contributed by atoms with Gasteiger partial charge in [-0.1, -0.05) is 0 Å². The lowest BCUT2D eigenvalue weighted by Crippen LogP contribution is -2.59. The maximum atomic E-state index is 12.2. The van der Waals surface area contributed by atoms with Crippen molar-refractivity contribution in [2.24, 2.45) is 0 Å². The Balaban J connectivity index is 5.09. The molecule has 0 atom stereocenters. The van der Waals surface area contributed by atoms with Crippen LogP contribution in [0.15, 0.2) is 0 Å². The topological polar surface area (TPSA) is 178 Å². The highest BCUT2D eigenvalue weighted by Crippen LogP contribution is 2.10. The zero-order valence-electron chi connectivity index (χ0n) is 16.4. The van der Waals surface area contributed by atoms with Gasteiger partial charge in [0.05, 0.1) is 58.9 Å². The molecule has 0 unspecified atom stereocenters. The maximum absolute atomic E-state index is 12.2. The average Bonchev–Trinajstić information content (AvgIpc) is 2.64. The van der Waals surface area contributed by atoms with Gasteiger partial charge in [0.25, 0.3) is 0 Å². The predicted octanol–water partition coefficient (Wildman–Crippen LogP) is -0.648. The normalized spacial score (nSPS) is 11.2. The summed E-state index contributed by atoms with van der Waals surface area (Å²) in [5.74, 6) is -3.71. The molecule has 0 aliphatic heterocycles. The molecule has 0 aliphatic rings. The van der Waals surface area contributed by atoms with Gasteiger partial charge < -0.3 is 39.6 Å². The molecule has 0 bridgehead atoms. The van der Waals surface area contributed by atoms with Gasteiger partial charge in [0.1, 0.15) is 12.1 Å². The summed E-state index contributed by atoms with van der Waals surface area (Å²) in [6.07, 6.45) is -0.784. The molecule has 12 heteroatoms. The number of aliphatic carboxylic acids is 3. The Morgan fingerprint density at radius 2 is 1.10 bits per heavy atom. The van der Waals surface area contributed by atoms with Gasteiger partial charge in [0.15, 0.2) is 0 Å². The van der Waals surface area contributed by atoms with Crippen LogP contribution in [0.4, 0.5) is 0 Å². The van der Waals surface area contributed by atoms with Crippen LogP contribution < -0.4 is 5.32 Å². The Morgan fingerprint density at radius 3 is 1.41 bits per heavy atom. The first-order chi connectivity index (χ1) is 13.7. The molecule has 0 aromatic carbocycles. The quantitative estimate of drug-likeness (QED) is 0.194. The number of ether oxygens (including phenoxy) is 4. The third kappa shape index (κ3) is 15.3. The van der Waals surface area contributed by atoms with Crippen LogP contribution in [0, 0.1) is 0 Å². The SMILES string of the molecule is CCOCC(=O)NC(COCCC(=O)O)(COCCC(=O)O)COCCC(=O)O. The first kappa shape index (κ1) is 26.7. The molecule has 0 fully saturated rings. The highest BCUT2D eigenvalue weighted by Gasteiger charge is 2.34. The van der Waals surface area contributed by atoms with Crippen molar-refractivity contribution >= 4 is 23.8 Å². The van der Waals surface area contributed by atoms with Crippen LogP contribution in [0.25, 0.3) is 0 Å². The lowest BCUT2D eigenvalue weighted by atomic mass is 10.0. The van der Waals surface area contributed by atoms with E-state index in [4.69, 9.17) is 34.3 Å². The van der Waals surface area contributed by atoms with Gasteiger partial charge in [-0.3, -0.25) is 19.2 Å². The molecular formula is C17H29NO11. The summed E-state index contributed by atoms with van der Waals surface area (Å²) < 4.78 is 21.1. The van der Waals surface area contributed by atoms with Gasteiger partial charge in [0, 0.05) is 6.61 Å². The minimum absolute atomic E-state index is 0.136. The highest BCUT2D eigenvalue weighted by molar-refractivity contribution is 5.78. The van der Waals surface area contributed by atoms with E-state index in [2.05, 4.69) is 5.32 Å². The number of rotatable bonds is 19. The van der Waals surface area contributed by atoms with Crippen molar-refractivity contribution in [3.05, 3.63) is 0 Å². The summed E-state index contributed by atoms with van der Waals surface area (Å²) in [4.78, 5) is 44.1. The van der Waals surface area contributed by atoms with E-state index in [0.717, 1.165) is 0 Å². The number of carbonyl (C=O) groups excluding carboxylic acids is 1. The van der Waals surface area contributed by atoms with Crippen molar-refractivity contribution in [3.8, 4) is 0 Å². The largest absolute Gasteiger partial charge is 0.481 e. The van der Waals surface area contributed by atoms with Crippen molar-refractivity contribution in [3.63, 3.8) is 0 Å². The predicted molar refractivity (Wildman–Crippen MR) is 96.6 cm³/mol. The van der Waals surface area contributed by atoms with Crippen molar-refractivity contribution < 1.29 is 53.4 Å². The van der Waals surface area contributed by atoms with E-state index in [1.165, 1.54) is 0 Å². The number of hydrogen-bond donors (Lipinski definition) is 4. The Hall–Kier alpha value is -2.28. The van der Waals surface area contributed by atoms with Crippen LogP contribution in [0.5, 0.6) is 0 Å². The molecule has 0 saturated heterocycles. The van der Waals surface area contributed by atoms with Crippen LogP contribution in [-0.4, -0.2) is 97.5 Å². The Kier molecular flexibility index (Phi) is 14.4. The van der Waals surface area contributed by atoms with Gasteiger partial charge >= 0.3 is 17.9 Å². The molecule has 0 aromatic heterocycles. The van der Waals surface area contributed by atoms with Crippen LogP contribution in [0.3, 0.4) is 0 Å². The van der Waals surface area contributed by atoms with E-state index in [-0.39, 0.29) is 65.5 Å². The molecule has 0 aliphatic carbocycles. The minimum atomic E-state index is -1.29. The highest BCUT2D eigenvalue weighted by atomic mass is 16.5. The second-order valence-electron chi connectivity index (χ2n) is 6.05. The van der Waals surface area contributed by atoms with Crippen molar-refractivity contribution in [2.45, 2.75) is 31.7 Å². The Bertz CT molecular complexity index is 468. The first-order valence-electron chi connectivity index (χ1n) is 8.98.